The zero-order valence-corrected chi connectivity index (χ0v) is 6.06. The van der Waals surface area contributed by atoms with Crippen LogP contribution in [0.2, 0.25) is 0 Å². The molecule has 0 spiro atoms. The highest BCUT2D eigenvalue weighted by Gasteiger charge is 2.65. The van der Waals surface area contributed by atoms with Gasteiger partial charge >= 0.3 is 0 Å². The molecule has 0 amide bonds. The first-order valence-corrected chi connectivity index (χ1v) is 4.31. The van der Waals surface area contributed by atoms with Gasteiger partial charge in [-0.15, -0.1) is 0 Å². The molecule has 3 aliphatic rings. The minimum atomic E-state index is 0.878. The maximum absolute atomic E-state index is 2.52. The van der Waals surface area contributed by atoms with Crippen molar-refractivity contribution in [2.24, 2.45) is 23.2 Å². The summed E-state index contributed by atoms with van der Waals surface area (Å²) in [5.74, 6) is 3.55. The standard InChI is InChI=1S/C9H14/c1-9-5-7(9)3-2-6-4-8(6)9/h6-8H,2-5H2,1H3/t6-,7?,8?,9?/m1/s1. The summed E-state index contributed by atoms with van der Waals surface area (Å²) in [4.78, 5) is 0. The molecular formula is C9H14. The zero-order valence-electron chi connectivity index (χ0n) is 6.06. The summed E-state index contributed by atoms with van der Waals surface area (Å²) >= 11 is 0. The van der Waals surface area contributed by atoms with Crippen molar-refractivity contribution in [2.75, 3.05) is 0 Å². The molecule has 4 atom stereocenters. The van der Waals surface area contributed by atoms with Crippen molar-refractivity contribution < 1.29 is 0 Å². The maximum atomic E-state index is 2.52. The lowest BCUT2D eigenvalue weighted by Crippen LogP contribution is -2.07. The van der Waals surface area contributed by atoms with Crippen LogP contribution >= 0.6 is 0 Å². The molecule has 3 saturated carbocycles. The Balaban J connectivity index is 1.94. The number of rotatable bonds is 0. The Morgan fingerprint density at radius 3 is 3.00 bits per heavy atom. The van der Waals surface area contributed by atoms with Crippen molar-refractivity contribution >= 4 is 0 Å². The van der Waals surface area contributed by atoms with E-state index in [0.717, 1.165) is 5.41 Å². The summed E-state index contributed by atoms with van der Waals surface area (Å²) in [6.45, 7) is 2.52. The second-order valence-corrected chi connectivity index (χ2v) is 4.59. The molecule has 0 saturated heterocycles. The van der Waals surface area contributed by atoms with Gasteiger partial charge in [0, 0.05) is 0 Å². The first kappa shape index (κ1) is 4.76. The first-order valence-electron chi connectivity index (χ1n) is 4.31. The van der Waals surface area contributed by atoms with Crippen LogP contribution in [0.25, 0.3) is 0 Å². The Morgan fingerprint density at radius 2 is 2.22 bits per heavy atom. The minimum Gasteiger partial charge on any atom is -0.0591 e. The number of hydrogen-bond acceptors (Lipinski definition) is 0. The second-order valence-electron chi connectivity index (χ2n) is 4.59. The third kappa shape index (κ3) is 0.426. The topological polar surface area (TPSA) is 0 Å². The van der Waals surface area contributed by atoms with E-state index in [1.165, 1.54) is 17.8 Å². The molecule has 0 aromatic rings. The van der Waals surface area contributed by atoms with Gasteiger partial charge in [-0.2, -0.15) is 0 Å². The third-order valence-electron chi connectivity index (χ3n) is 4.11. The summed E-state index contributed by atoms with van der Waals surface area (Å²) in [7, 11) is 0. The molecular weight excluding hydrogens is 108 g/mol. The Kier molecular flexibility index (Phi) is 0.574. The van der Waals surface area contributed by atoms with Crippen LogP contribution in [0.15, 0.2) is 0 Å². The van der Waals surface area contributed by atoms with Gasteiger partial charge in [0.1, 0.15) is 0 Å². The Bertz CT molecular complexity index is 159. The van der Waals surface area contributed by atoms with Gasteiger partial charge in [-0.25, -0.2) is 0 Å². The molecule has 0 radical (unpaired) electrons. The highest BCUT2D eigenvalue weighted by molar-refractivity contribution is 5.14. The molecule has 3 fully saturated rings. The fraction of sp³-hybridized carbons (Fsp3) is 1.00. The predicted molar refractivity (Wildman–Crippen MR) is 37.0 cm³/mol. The lowest BCUT2D eigenvalue weighted by atomic mass is 9.90. The quantitative estimate of drug-likeness (QED) is 0.463. The average molecular weight is 122 g/mol. The summed E-state index contributed by atoms with van der Waals surface area (Å²) in [5, 5.41) is 0. The highest BCUT2D eigenvalue weighted by atomic mass is 14.7. The van der Waals surface area contributed by atoms with E-state index >= 15 is 0 Å². The van der Waals surface area contributed by atoms with Crippen LogP contribution in [0.3, 0.4) is 0 Å². The van der Waals surface area contributed by atoms with E-state index in [-0.39, 0.29) is 0 Å². The van der Waals surface area contributed by atoms with Crippen molar-refractivity contribution in [2.45, 2.75) is 32.6 Å². The Hall–Kier alpha value is 0. The van der Waals surface area contributed by atoms with Crippen LogP contribution in [0.4, 0.5) is 0 Å². The van der Waals surface area contributed by atoms with Crippen molar-refractivity contribution in [1.82, 2.24) is 0 Å². The van der Waals surface area contributed by atoms with E-state index in [1.807, 2.05) is 0 Å². The molecule has 0 aromatic carbocycles. The molecule has 0 aromatic heterocycles. The SMILES string of the molecule is CC12CC1CC[C@@H]1CC12. The van der Waals surface area contributed by atoms with Gasteiger partial charge in [-0.1, -0.05) is 6.92 Å². The molecule has 3 aliphatic carbocycles. The fourth-order valence-electron chi connectivity index (χ4n) is 3.15. The summed E-state index contributed by atoms with van der Waals surface area (Å²) < 4.78 is 0. The molecule has 0 aliphatic heterocycles. The zero-order chi connectivity index (χ0) is 6.06. The van der Waals surface area contributed by atoms with Crippen LogP contribution in [-0.4, -0.2) is 0 Å². The summed E-state index contributed by atoms with van der Waals surface area (Å²) in [5.41, 5.74) is 0.878. The first-order chi connectivity index (χ1) is 4.31. The van der Waals surface area contributed by atoms with E-state index in [4.69, 9.17) is 0 Å². The van der Waals surface area contributed by atoms with E-state index in [2.05, 4.69) is 6.92 Å². The second kappa shape index (κ2) is 1.09. The predicted octanol–water partition coefficient (Wildman–Crippen LogP) is 2.44. The van der Waals surface area contributed by atoms with Crippen molar-refractivity contribution in [3.8, 4) is 0 Å². The Morgan fingerprint density at radius 1 is 1.33 bits per heavy atom. The number of fused-ring (bicyclic) bond motifs is 3. The maximum Gasteiger partial charge on any atom is -0.0263 e. The summed E-state index contributed by atoms with van der Waals surface area (Å²) in [6.07, 6.45) is 6.31. The smallest absolute Gasteiger partial charge is 0.0263 e. The molecule has 0 nitrogen and oxygen atoms in total. The van der Waals surface area contributed by atoms with E-state index in [0.29, 0.717) is 0 Å². The van der Waals surface area contributed by atoms with Crippen LogP contribution in [-0.2, 0) is 0 Å². The molecule has 3 rings (SSSR count). The molecule has 0 heterocycles. The molecule has 3 unspecified atom stereocenters. The van der Waals surface area contributed by atoms with E-state index in [1.54, 1.807) is 25.7 Å². The lowest BCUT2D eigenvalue weighted by Gasteiger charge is -2.15. The van der Waals surface area contributed by atoms with Crippen molar-refractivity contribution in [3.05, 3.63) is 0 Å². The van der Waals surface area contributed by atoms with Gasteiger partial charge in [0.2, 0.25) is 0 Å². The molecule has 50 valence electrons. The largest absolute Gasteiger partial charge is 0.0591 e. The van der Waals surface area contributed by atoms with Crippen LogP contribution in [0.1, 0.15) is 32.6 Å². The fourth-order valence-corrected chi connectivity index (χ4v) is 3.15. The lowest BCUT2D eigenvalue weighted by molar-refractivity contribution is 0.341. The minimum absolute atomic E-state index is 0.878. The molecule has 9 heavy (non-hydrogen) atoms. The molecule has 0 bridgehead atoms. The third-order valence-corrected chi connectivity index (χ3v) is 4.11. The molecule has 0 N–H and O–H groups in total. The monoisotopic (exact) mass is 122 g/mol. The summed E-state index contributed by atoms with van der Waals surface area (Å²) in [6, 6.07) is 0. The Labute approximate surface area is 56.6 Å². The van der Waals surface area contributed by atoms with Gasteiger partial charge in [-0.3, -0.25) is 0 Å². The molecule has 0 heteroatoms. The van der Waals surface area contributed by atoms with Crippen molar-refractivity contribution in [1.29, 1.82) is 0 Å². The average Bonchev–Trinajstić information content (AvgIpc) is 2.52. The van der Waals surface area contributed by atoms with Crippen LogP contribution < -0.4 is 0 Å². The normalized spacial score (nSPS) is 68.3. The highest BCUT2D eigenvalue weighted by Crippen LogP contribution is 2.73. The van der Waals surface area contributed by atoms with Crippen LogP contribution in [0, 0.1) is 23.2 Å². The van der Waals surface area contributed by atoms with Gasteiger partial charge < -0.3 is 0 Å². The van der Waals surface area contributed by atoms with E-state index < -0.39 is 0 Å². The van der Waals surface area contributed by atoms with Gasteiger partial charge in [0.15, 0.2) is 0 Å². The van der Waals surface area contributed by atoms with E-state index in [9.17, 15) is 0 Å². The van der Waals surface area contributed by atoms with Gasteiger partial charge in [0.25, 0.3) is 0 Å². The van der Waals surface area contributed by atoms with Crippen molar-refractivity contribution in [3.63, 3.8) is 0 Å². The number of hydrogen-bond donors (Lipinski definition) is 0. The van der Waals surface area contributed by atoms with Gasteiger partial charge in [-0.05, 0) is 48.9 Å². The van der Waals surface area contributed by atoms with Gasteiger partial charge in [0.05, 0.1) is 0 Å². The van der Waals surface area contributed by atoms with Crippen LogP contribution in [0.5, 0.6) is 0 Å².